The molecule has 2 aromatic heterocycles. The van der Waals surface area contributed by atoms with E-state index < -0.39 is 0 Å². The second-order valence-electron chi connectivity index (χ2n) is 5.68. The number of thiophene rings is 1. The number of rotatable bonds is 4. The zero-order valence-electron chi connectivity index (χ0n) is 13.0. The van der Waals surface area contributed by atoms with E-state index in [1.807, 2.05) is 0 Å². The zero-order chi connectivity index (χ0) is 16.2. The van der Waals surface area contributed by atoms with Crippen molar-refractivity contribution in [3.05, 3.63) is 41.2 Å². The first kappa shape index (κ1) is 18.5. The Balaban J connectivity index is 0.00000208. The van der Waals surface area contributed by atoms with Gasteiger partial charge in [-0.15, -0.1) is 23.7 Å². The highest BCUT2D eigenvalue weighted by molar-refractivity contribution is 7.14. The second-order valence-corrected chi connectivity index (χ2v) is 6.60. The van der Waals surface area contributed by atoms with E-state index in [2.05, 4.69) is 10.6 Å². The molecule has 0 atom stereocenters. The van der Waals surface area contributed by atoms with Gasteiger partial charge in [-0.25, -0.2) is 0 Å². The molecule has 130 valence electrons. The molecule has 24 heavy (non-hydrogen) atoms. The predicted molar refractivity (Wildman–Crippen MR) is 95.9 cm³/mol. The zero-order valence-corrected chi connectivity index (χ0v) is 14.6. The molecule has 4 N–H and O–H groups in total. The van der Waals surface area contributed by atoms with Crippen LogP contribution in [0, 0.1) is 0 Å². The fourth-order valence-electron chi connectivity index (χ4n) is 2.68. The standard InChI is InChI=1S/C16H19N3O3S.ClH/c17-10-3-5-11(6-4-10)18-14(20)12-7-9-23-16(12)19-15(21)13-2-1-8-22-13;/h1-2,7-11H,3-6,17H2,(H,18,20)(H,19,21);1H. The summed E-state index contributed by atoms with van der Waals surface area (Å²) in [6.45, 7) is 0. The van der Waals surface area contributed by atoms with Crippen LogP contribution in [0.25, 0.3) is 0 Å². The van der Waals surface area contributed by atoms with Gasteiger partial charge in [0.25, 0.3) is 11.8 Å². The predicted octanol–water partition coefficient (Wildman–Crippen LogP) is 3.01. The number of furan rings is 1. The first-order valence-corrected chi connectivity index (χ1v) is 8.50. The summed E-state index contributed by atoms with van der Waals surface area (Å²) < 4.78 is 5.06. The number of nitrogens with one attached hydrogen (secondary N) is 2. The van der Waals surface area contributed by atoms with Gasteiger partial charge in [-0.05, 0) is 49.3 Å². The number of nitrogens with two attached hydrogens (primary N) is 1. The van der Waals surface area contributed by atoms with Crippen LogP contribution in [-0.2, 0) is 0 Å². The van der Waals surface area contributed by atoms with E-state index in [0.717, 1.165) is 25.7 Å². The highest BCUT2D eigenvalue weighted by Gasteiger charge is 2.23. The van der Waals surface area contributed by atoms with Crippen LogP contribution >= 0.6 is 23.7 Å². The van der Waals surface area contributed by atoms with Crippen LogP contribution in [0.3, 0.4) is 0 Å². The second kappa shape index (κ2) is 8.32. The molecule has 0 bridgehead atoms. The fourth-order valence-corrected chi connectivity index (χ4v) is 3.46. The van der Waals surface area contributed by atoms with Crippen molar-refractivity contribution in [3.63, 3.8) is 0 Å². The van der Waals surface area contributed by atoms with Gasteiger partial charge in [-0.3, -0.25) is 9.59 Å². The molecule has 2 aromatic rings. The molecule has 1 saturated carbocycles. The van der Waals surface area contributed by atoms with Gasteiger partial charge in [0.05, 0.1) is 11.8 Å². The molecular weight excluding hydrogens is 350 g/mol. The number of carbonyl (C=O) groups excluding carboxylic acids is 2. The smallest absolute Gasteiger partial charge is 0.291 e. The lowest BCUT2D eigenvalue weighted by atomic mass is 9.92. The first-order valence-electron chi connectivity index (χ1n) is 7.62. The average molecular weight is 370 g/mol. The third-order valence-electron chi connectivity index (χ3n) is 3.99. The SMILES string of the molecule is Cl.NC1CCC(NC(=O)c2ccsc2NC(=O)c2ccco2)CC1. The Labute approximate surface area is 150 Å². The first-order chi connectivity index (χ1) is 11.1. The lowest BCUT2D eigenvalue weighted by Gasteiger charge is -2.26. The maximum Gasteiger partial charge on any atom is 0.291 e. The molecule has 0 saturated heterocycles. The van der Waals surface area contributed by atoms with Gasteiger partial charge >= 0.3 is 0 Å². The largest absolute Gasteiger partial charge is 0.459 e. The summed E-state index contributed by atoms with van der Waals surface area (Å²) in [5, 5.41) is 8.06. The van der Waals surface area contributed by atoms with Crippen LogP contribution in [0.4, 0.5) is 5.00 Å². The van der Waals surface area contributed by atoms with Crippen molar-refractivity contribution in [3.8, 4) is 0 Å². The number of carbonyl (C=O) groups is 2. The lowest BCUT2D eigenvalue weighted by Crippen LogP contribution is -2.40. The van der Waals surface area contributed by atoms with Gasteiger partial charge in [0.1, 0.15) is 5.00 Å². The van der Waals surface area contributed by atoms with E-state index in [9.17, 15) is 9.59 Å². The average Bonchev–Trinajstić information content (AvgIpc) is 3.20. The fraction of sp³-hybridized carbons (Fsp3) is 0.375. The van der Waals surface area contributed by atoms with Crippen molar-refractivity contribution in [2.24, 2.45) is 5.73 Å². The van der Waals surface area contributed by atoms with Gasteiger partial charge in [0.2, 0.25) is 0 Å². The monoisotopic (exact) mass is 369 g/mol. The van der Waals surface area contributed by atoms with E-state index in [4.69, 9.17) is 10.2 Å². The quantitative estimate of drug-likeness (QED) is 0.771. The van der Waals surface area contributed by atoms with Gasteiger partial charge < -0.3 is 20.8 Å². The third-order valence-corrected chi connectivity index (χ3v) is 4.82. The number of anilines is 1. The van der Waals surface area contributed by atoms with Gasteiger partial charge in [0.15, 0.2) is 5.76 Å². The summed E-state index contributed by atoms with van der Waals surface area (Å²) in [5.74, 6) is -0.317. The summed E-state index contributed by atoms with van der Waals surface area (Å²) >= 11 is 1.31. The van der Waals surface area contributed by atoms with Crippen molar-refractivity contribution in [1.82, 2.24) is 5.32 Å². The van der Waals surface area contributed by atoms with Crippen LogP contribution < -0.4 is 16.4 Å². The molecule has 1 fully saturated rings. The van der Waals surface area contributed by atoms with Gasteiger partial charge in [-0.2, -0.15) is 0 Å². The summed E-state index contributed by atoms with van der Waals surface area (Å²) in [6, 6.07) is 5.33. The highest BCUT2D eigenvalue weighted by Crippen LogP contribution is 2.25. The summed E-state index contributed by atoms with van der Waals surface area (Å²) in [7, 11) is 0. The Bertz CT molecular complexity index is 679. The molecule has 6 nitrogen and oxygen atoms in total. The Morgan fingerprint density at radius 3 is 2.58 bits per heavy atom. The van der Waals surface area contributed by atoms with Crippen molar-refractivity contribution in [1.29, 1.82) is 0 Å². The summed E-state index contributed by atoms with van der Waals surface area (Å²) in [4.78, 5) is 24.5. The molecule has 1 aliphatic carbocycles. The molecule has 0 radical (unpaired) electrons. The van der Waals surface area contributed by atoms with Crippen LogP contribution in [0.2, 0.25) is 0 Å². The van der Waals surface area contributed by atoms with Crippen LogP contribution in [0.1, 0.15) is 46.6 Å². The maximum atomic E-state index is 12.4. The number of hydrogen-bond acceptors (Lipinski definition) is 5. The number of halogens is 1. The molecule has 0 aliphatic heterocycles. The lowest BCUT2D eigenvalue weighted by molar-refractivity contribution is 0.0927. The van der Waals surface area contributed by atoms with Gasteiger partial charge in [-0.1, -0.05) is 0 Å². The Hall–Kier alpha value is -1.83. The van der Waals surface area contributed by atoms with E-state index in [1.165, 1.54) is 17.6 Å². The van der Waals surface area contributed by atoms with Gasteiger partial charge in [0, 0.05) is 12.1 Å². The Morgan fingerprint density at radius 1 is 1.17 bits per heavy atom. The van der Waals surface area contributed by atoms with Crippen LogP contribution in [-0.4, -0.2) is 23.9 Å². The molecule has 2 amide bonds. The molecular formula is C16H20ClN3O3S. The van der Waals surface area contributed by atoms with Crippen molar-refractivity contribution in [2.45, 2.75) is 37.8 Å². The highest BCUT2D eigenvalue weighted by atomic mass is 35.5. The maximum absolute atomic E-state index is 12.4. The van der Waals surface area contributed by atoms with E-state index in [0.29, 0.717) is 10.6 Å². The molecule has 8 heteroatoms. The molecule has 2 heterocycles. The van der Waals surface area contributed by atoms with Crippen molar-refractivity contribution in [2.75, 3.05) is 5.32 Å². The Kier molecular flexibility index (Phi) is 6.42. The molecule has 0 unspecified atom stereocenters. The van der Waals surface area contributed by atoms with Crippen LogP contribution in [0.5, 0.6) is 0 Å². The van der Waals surface area contributed by atoms with E-state index in [1.54, 1.807) is 23.6 Å². The van der Waals surface area contributed by atoms with E-state index in [-0.39, 0.29) is 42.1 Å². The molecule has 1 aliphatic rings. The third kappa shape index (κ3) is 4.37. The molecule has 3 rings (SSSR count). The minimum Gasteiger partial charge on any atom is -0.459 e. The van der Waals surface area contributed by atoms with Crippen LogP contribution in [0.15, 0.2) is 34.3 Å². The van der Waals surface area contributed by atoms with E-state index >= 15 is 0 Å². The summed E-state index contributed by atoms with van der Waals surface area (Å²) in [5.41, 5.74) is 6.36. The number of amides is 2. The topological polar surface area (TPSA) is 97.4 Å². The molecule has 0 spiro atoms. The minimum atomic E-state index is -0.366. The van der Waals surface area contributed by atoms with Crippen molar-refractivity contribution < 1.29 is 14.0 Å². The normalized spacial score (nSPS) is 20.0. The summed E-state index contributed by atoms with van der Waals surface area (Å²) in [6.07, 6.45) is 5.08. The minimum absolute atomic E-state index is 0. The molecule has 0 aromatic carbocycles. The number of hydrogen-bond donors (Lipinski definition) is 3. The Morgan fingerprint density at radius 2 is 1.92 bits per heavy atom. The van der Waals surface area contributed by atoms with Crippen molar-refractivity contribution >= 4 is 40.6 Å².